The standard InChI is InChI=1S/C15H20ClNO3S/c1-11(18)17(9-14(19)20)10-15(7-3-2-4-8-15)12-5-6-13(16)21-12/h5-6H,2-4,7-10H2,1H3,(H,19,20)/p-1. The summed E-state index contributed by atoms with van der Waals surface area (Å²) in [6.07, 6.45) is 5.28. The molecule has 1 aliphatic rings. The number of nitrogens with zero attached hydrogens (tertiary/aromatic N) is 1. The first-order chi connectivity index (χ1) is 9.93. The Morgan fingerprint density at radius 2 is 2.00 bits per heavy atom. The fourth-order valence-corrected chi connectivity index (χ4v) is 4.39. The first-order valence-corrected chi connectivity index (χ1v) is 8.34. The third-order valence-corrected chi connectivity index (χ3v) is 5.64. The van der Waals surface area contributed by atoms with E-state index in [4.69, 9.17) is 11.6 Å². The predicted octanol–water partition coefficient (Wildman–Crippen LogP) is 2.20. The maximum Gasteiger partial charge on any atom is 0.219 e. The molecule has 1 amide bonds. The topological polar surface area (TPSA) is 60.4 Å². The molecule has 0 aliphatic heterocycles. The van der Waals surface area contributed by atoms with Crippen molar-refractivity contribution in [1.82, 2.24) is 4.90 Å². The zero-order valence-electron chi connectivity index (χ0n) is 12.1. The van der Waals surface area contributed by atoms with Crippen molar-refractivity contribution in [2.24, 2.45) is 0 Å². The summed E-state index contributed by atoms with van der Waals surface area (Å²) < 4.78 is 0.726. The molecule has 1 aliphatic carbocycles. The highest BCUT2D eigenvalue weighted by Gasteiger charge is 2.37. The van der Waals surface area contributed by atoms with E-state index in [0.29, 0.717) is 6.54 Å². The van der Waals surface area contributed by atoms with Gasteiger partial charge in [-0.05, 0) is 25.0 Å². The Balaban J connectivity index is 2.27. The van der Waals surface area contributed by atoms with Crippen LogP contribution in [0.2, 0.25) is 4.34 Å². The van der Waals surface area contributed by atoms with Crippen molar-refractivity contribution in [3.63, 3.8) is 0 Å². The second kappa shape index (κ2) is 6.79. The van der Waals surface area contributed by atoms with Gasteiger partial charge in [-0.3, -0.25) is 4.79 Å². The van der Waals surface area contributed by atoms with Crippen molar-refractivity contribution in [2.45, 2.75) is 44.4 Å². The molecule has 1 fully saturated rings. The SMILES string of the molecule is CC(=O)N(CC(=O)[O-])CC1(c2ccc(Cl)s2)CCCCC1. The molecule has 0 bridgehead atoms. The van der Waals surface area contributed by atoms with Gasteiger partial charge >= 0.3 is 0 Å². The highest BCUT2D eigenvalue weighted by Crippen LogP contribution is 2.43. The molecule has 0 unspecified atom stereocenters. The molecule has 2 rings (SSSR count). The van der Waals surface area contributed by atoms with E-state index in [1.54, 1.807) is 0 Å². The number of rotatable bonds is 5. The summed E-state index contributed by atoms with van der Waals surface area (Å²) >= 11 is 7.59. The van der Waals surface area contributed by atoms with E-state index in [-0.39, 0.29) is 17.9 Å². The lowest BCUT2D eigenvalue weighted by molar-refractivity contribution is -0.306. The van der Waals surface area contributed by atoms with Gasteiger partial charge in [0.1, 0.15) is 0 Å². The molecule has 0 saturated heterocycles. The lowest BCUT2D eigenvalue weighted by Gasteiger charge is -2.40. The Hall–Kier alpha value is -1.07. The van der Waals surface area contributed by atoms with E-state index in [0.717, 1.165) is 34.9 Å². The maximum atomic E-state index is 11.7. The molecule has 0 N–H and O–H groups in total. The van der Waals surface area contributed by atoms with Crippen LogP contribution in [-0.4, -0.2) is 29.9 Å². The highest BCUT2D eigenvalue weighted by molar-refractivity contribution is 7.16. The quantitative estimate of drug-likeness (QED) is 0.832. The Kier molecular flexibility index (Phi) is 5.27. The summed E-state index contributed by atoms with van der Waals surface area (Å²) in [4.78, 5) is 25.2. The lowest BCUT2D eigenvalue weighted by atomic mass is 9.72. The number of carboxylic acids is 1. The molecule has 6 heteroatoms. The smallest absolute Gasteiger partial charge is 0.219 e. The molecule has 4 nitrogen and oxygen atoms in total. The molecular weight excluding hydrogens is 310 g/mol. The number of halogens is 1. The molecule has 0 aromatic carbocycles. The summed E-state index contributed by atoms with van der Waals surface area (Å²) in [7, 11) is 0. The van der Waals surface area contributed by atoms with Gasteiger partial charge in [0.25, 0.3) is 0 Å². The minimum absolute atomic E-state index is 0.169. The molecule has 0 radical (unpaired) electrons. The number of carbonyl (C=O) groups excluding carboxylic acids is 2. The third-order valence-electron chi connectivity index (χ3n) is 4.17. The number of carbonyl (C=O) groups is 2. The van der Waals surface area contributed by atoms with Gasteiger partial charge in [0.2, 0.25) is 5.91 Å². The Bertz CT molecular complexity index is 523. The first kappa shape index (κ1) is 16.3. The largest absolute Gasteiger partial charge is 0.548 e. The second-order valence-electron chi connectivity index (χ2n) is 5.69. The van der Waals surface area contributed by atoms with E-state index < -0.39 is 5.97 Å². The molecule has 1 aromatic heterocycles. The third kappa shape index (κ3) is 3.98. The molecular formula is C15H19ClNO3S-. The molecule has 0 atom stereocenters. The number of hydrogen-bond acceptors (Lipinski definition) is 4. The van der Waals surface area contributed by atoms with Crippen LogP contribution in [0.3, 0.4) is 0 Å². The molecule has 116 valence electrons. The van der Waals surface area contributed by atoms with Gasteiger partial charge in [-0.25, -0.2) is 0 Å². The number of aliphatic carboxylic acids is 1. The maximum absolute atomic E-state index is 11.7. The van der Waals surface area contributed by atoms with Gasteiger partial charge in [-0.1, -0.05) is 30.9 Å². The van der Waals surface area contributed by atoms with Crippen LogP contribution < -0.4 is 5.11 Å². The van der Waals surface area contributed by atoms with E-state index in [2.05, 4.69) is 0 Å². The fourth-order valence-electron chi connectivity index (χ4n) is 3.11. The lowest BCUT2D eigenvalue weighted by Crippen LogP contribution is -2.48. The van der Waals surface area contributed by atoms with Gasteiger partial charge in [0.15, 0.2) is 0 Å². The Morgan fingerprint density at radius 1 is 1.33 bits per heavy atom. The summed E-state index contributed by atoms with van der Waals surface area (Å²) in [5.41, 5.74) is -0.169. The first-order valence-electron chi connectivity index (χ1n) is 7.14. The summed E-state index contributed by atoms with van der Waals surface area (Å²) in [6.45, 7) is 1.48. The normalized spacial score (nSPS) is 17.4. The van der Waals surface area contributed by atoms with Crippen molar-refractivity contribution in [3.8, 4) is 0 Å². The summed E-state index contributed by atoms with van der Waals surface area (Å²) in [6, 6.07) is 3.88. The van der Waals surface area contributed by atoms with Crippen molar-refractivity contribution in [1.29, 1.82) is 0 Å². The number of hydrogen-bond donors (Lipinski definition) is 0. The summed E-state index contributed by atoms with van der Waals surface area (Å²) in [5.74, 6) is -1.45. The molecule has 21 heavy (non-hydrogen) atoms. The average molecular weight is 329 g/mol. The minimum Gasteiger partial charge on any atom is -0.548 e. The zero-order chi connectivity index (χ0) is 15.5. The van der Waals surface area contributed by atoms with Crippen LogP contribution >= 0.6 is 22.9 Å². The number of thiophene rings is 1. The average Bonchev–Trinajstić information content (AvgIpc) is 2.86. The van der Waals surface area contributed by atoms with Crippen molar-refractivity contribution in [3.05, 3.63) is 21.3 Å². The van der Waals surface area contributed by atoms with Gasteiger partial charge in [-0.2, -0.15) is 0 Å². The van der Waals surface area contributed by atoms with Gasteiger partial charge < -0.3 is 14.8 Å². The van der Waals surface area contributed by atoms with Crippen LogP contribution in [0.4, 0.5) is 0 Å². The van der Waals surface area contributed by atoms with Gasteiger partial charge in [0, 0.05) is 23.8 Å². The highest BCUT2D eigenvalue weighted by atomic mass is 35.5. The van der Waals surface area contributed by atoms with Crippen LogP contribution in [0.1, 0.15) is 43.9 Å². The Labute approximate surface area is 133 Å². The Morgan fingerprint density at radius 3 is 2.48 bits per heavy atom. The summed E-state index contributed by atoms with van der Waals surface area (Å²) in [5, 5.41) is 10.9. The van der Waals surface area contributed by atoms with Crippen LogP contribution in [0.15, 0.2) is 12.1 Å². The minimum atomic E-state index is -1.22. The number of carboxylic acid groups (broad SMARTS) is 1. The van der Waals surface area contributed by atoms with Crippen molar-refractivity contribution in [2.75, 3.05) is 13.1 Å². The van der Waals surface area contributed by atoms with E-state index in [1.165, 1.54) is 29.6 Å². The number of amides is 1. The molecule has 1 saturated carbocycles. The van der Waals surface area contributed by atoms with Crippen molar-refractivity contribution < 1.29 is 14.7 Å². The van der Waals surface area contributed by atoms with Crippen LogP contribution in [0.5, 0.6) is 0 Å². The predicted molar refractivity (Wildman–Crippen MR) is 81.4 cm³/mol. The molecule has 1 heterocycles. The molecule has 1 aromatic rings. The zero-order valence-corrected chi connectivity index (χ0v) is 13.6. The van der Waals surface area contributed by atoms with Crippen LogP contribution in [0, 0.1) is 0 Å². The van der Waals surface area contributed by atoms with Crippen LogP contribution in [-0.2, 0) is 15.0 Å². The van der Waals surface area contributed by atoms with Crippen molar-refractivity contribution >= 4 is 34.8 Å². The molecule has 0 spiro atoms. The monoisotopic (exact) mass is 328 g/mol. The van der Waals surface area contributed by atoms with Crippen LogP contribution in [0.25, 0.3) is 0 Å². The van der Waals surface area contributed by atoms with E-state index in [1.807, 2.05) is 12.1 Å². The van der Waals surface area contributed by atoms with E-state index >= 15 is 0 Å². The van der Waals surface area contributed by atoms with E-state index in [9.17, 15) is 14.7 Å². The van der Waals surface area contributed by atoms with Gasteiger partial charge in [-0.15, -0.1) is 11.3 Å². The second-order valence-corrected chi connectivity index (χ2v) is 7.41. The van der Waals surface area contributed by atoms with Gasteiger partial charge in [0.05, 0.1) is 16.9 Å². The fraction of sp³-hybridized carbons (Fsp3) is 0.600.